The number of nitrogens with one attached hydrogen (secondary N) is 2. The van der Waals surface area contributed by atoms with Gasteiger partial charge in [-0.3, -0.25) is 0 Å². The highest BCUT2D eigenvalue weighted by Gasteiger charge is 2.16. The van der Waals surface area contributed by atoms with Gasteiger partial charge < -0.3 is 10.6 Å². The van der Waals surface area contributed by atoms with Crippen molar-refractivity contribution in [1.82, 2.24) is 10.3 Å². The number of hydrogen-bond acceptors (Lipinski definition) is 3. The first-order chi connectivity index (χ1) is 10.2. The number of carbonyl (C=O) groups is 1. The summed E-state index contributed by atoms with van der Waals surface area (Å²) in [6.45, 7) is 1.99. The number of nitrogens with zero attached hydrogens (tertiary/aromatic N) is 1. The molecule has 0 spiro atoms. The van der Waals surface area contributed by atoms with Crippen molar-refractivity contribution in [3.05, 3.63) is 35.3 Å². The monoisotopic (exact) mass is 301 g/mol. The molecule has 21 heavy (non-hydrogen) atoms. The molecule has 0 bridgehead atoms. The molecule has 110 valence electrons. The molecule has 0 radical (unpaired) electrons. The summed E-state index contributed by atoms with van der Waals surface area (Å²) in [7, 11) is 0. The maximum absolute atomic E-state index is 11.9. The third-order valence-electron chi connectivity index (χ3n) is 3.70. The van der Waals surface area contributed by atoms with Crippen LogP contribution in [0.4, 0.5) is 10.5 Å². The Bertz CT molecular complexity index is 615. The van der Waals surface area contributed by atoms with E-state index in [0.29, 0.717) is 6.04 Å². The average molecular weight is 301 g/mol. The standard InChI is InChI=1S/C16H19N3OS/c1-11-10-21-15(17-11)12-6-8-14(9-7-12)19-16(20)18-13-4-2-3-5-13/h6-10,13H,2-5H2,1H3,(H2,18,19,20). The molecule has 1 aliphatic rings. The molecule has 1 fully saturated rings. The molecule has 2 aromatic rings. The minimum Gasteiger partial charge on any atom is -0.335 e. The van der Waals surface area contributed by atoms with Crippen molar-refractivity contribution < 1.29 is 4.79 Å². The third kappa shape index (κ3) is 3.61. The Labute approximate surface area is 128 Å². The molecule has 1 aromatic heterocycles. The van der Waals surface area contributed by atoms with Gasteiger partial charge >= 0.3 is 6.03 Å². The predicted octanol–water partition coefficient (Wildman–Crippen LogP) is 4.18. The first-order valence-corrected chi connectivity index (χ1v) is 8.19. The lowest BCUT2D eigenvalue weighted by Crippen LogP contribution is -2.36. The second kappa shape index (κ2) is 6.26. The number of benzene rings is 1. The molecule has 0 atom stereocenters. The Morgan fingerprint density at radius 3 is 2.57 bits per heavy atom. The van der Waals surface area contributed by atoms with E-state index in [4.69, 9.17) is 0 Å². The van der Waals surface area contributed by atoms with E-state index in [1.807, 2.05) is 36.6 Å². The van der Waals surface area contributed by atoms with Gasteiger partial charge in [0, 0.05) is 28.4 Å². The zero-order valence-corrected chi connectivity index (χ0v) is 12.9. The summed E-state index contributed by atoms with van der Waals surface area (Å²) >= 11 is 1.63. The van der Waals surface area contributed by atoms with Gasteiger partial charge in [-0.15, -0.1) is 11.3 Å². The van der Waals surface area contributed by atoms with E-state index in [2.05, 4.69) is 15.6 Å². The quantitative estimate of drug-likeness (QED) is 0.893. The van der Waals surface area contributed by atoms with Crippen molar-refractivity contribution in [3.63, 3.8) is 0 Å². The van der Waals surface area contributed by atoms with Crippen LogP contribution in [0, 0.1) is 6.92 Å². The van der Waals surface area contributed by atoms with Crippen LogP contribution in [0.25, 0.3) is 10.6 Å². The van der Waals surface area contributed by atoms with Gasteiger partial charge in [0.15, 0.2) is 0 Å². The number of thiazole rings is 1. The Morgan fingerprint density at radius 2 is 1.95 bits per heavy atom. The first kappa shape index (κ1) is 14.1. The van der Waals surface area contributed by atoms with E-state index >= 15 is 0 Å². The maximum atomic E-state index is 11.9. The number of rotatable bonds is 3. The van der Waals surface area contributed by atoms with Crippen LogP contribution in [0.2, 0.25) is 0 Å². The SMILES string of the molecule is Cc1csc(-c2ccc(NC(=O)NC3CCCC3)cc2)n1. The predicted molar refractivity (Wildman–Crippen MR) is 86.7 cm³/mol. The number of aromatic nitrogens is 1. The van der Waals surface area contributed by atoms with Crippen molar-refractivity contribution in [2.75, 3.05) is 5.32 Å². The molecule has 3 rings (SSSR count). The van der Waals surface area contributed by atoms with Gasteiger partial charge in [-0.05, 0) is 44.0 Å². The lowest BCUT2D eigenvalue weighted by molar-refractivity contribution is 0.248. The van der Waals surface area contributed by atoms with Crippen molar-refractivity contribution >= 4 is 23.1 Å². The summed E-state index contributed by atoms with van der Waals surface area (Å²) in [5, 5.41) is 8.95. The van der Waals surface area contributed by atoms with Crippen LogP contribution in [0.5, 0.6) is 0 Å². The number of anilines is 1. The van der Waals surface area contributed by atoms with Crippen molar-refractivity contribution in [2.45, 2.75) is 38.6 Å². The van der Waals surface area contributed by atoms with Crippen LogP contribution in [0.1, 0.15) is 31.4 Å². The van der Waals surface area contributed by atoms with Crippen molar-refractivity contribution in [2.24, 2.45) is 0 Å². The van der Waals surface area contributed by atoms with Gasteiger partial charge in [-0.25, -0.2) is 9.78 Å². The van der Waals surface area contributed by atoms with E-state index < -0.39 is 0 Å². The molecule has 1 aromatic carbocycles. The number of carbonyl (C=O) groups excluding carboxylic acids is 1. The van der Waals surface area contributed by atoms with E-state index in [-0.39, 0.29) is 6.03 Å². The van der Waals surface area contributed by atoms with Crippen LogP contribution in [0.15, 0.2) is 29.6 Å². The topological polar surface area (TPSA) is 54.0 Å². The van der Waals surface area contributed by atoms with E-state index in [1.54, 1.807) is 11.3 Å². The zero-order valence-electron chi connectivity index (χ0n) is 12.1. The molecule has 5 heteroatoms. The molecular weight excluding hydrogens is 282 g/mol. The van der Waals surface area contributed by atoms with E-state index in [1.165, 1.54) is 12.8 Å². The highest BCUT2D eigenvalue weighted by molar-refractivity contribution is 7.13. The van der Waals surface area contributed by atoms with Crippen LogP contribution >= 0.6 is 11.3 Å². The molecule has 1 aliphatic carbocycles. The Balaban J connectivity index is 1.60. The fourth-order valence-corrected chi connectivity index (χ4v) is 3.41. The second-order valence-corrected chi connectivity index (χ2v) is 6.31. The summed E-state index contributed by atoms with van der Waals surface area (Å²) in [4.78, 5) is 16.4. The van der Waals surface area contributed by atoms with E-state index in [9.17, 15) is 4.79 Å². The Morgan fingerprint density at radius 1 is 1.24 bits per heavy atom. The highest BCUT2D eigenvalue weighted by Crippen LogP contribution is 2.25. The van der Waals surface area contributed by atoms with Gasteiger partial charge in [-0.2, -0.15) is 0 Å². The Hall–Kier alpha value is -1.88. The molecule has 0 unspecified atom stereocenters. The largest absolute Gasteiger partial charge is 0.335 e. The van der Waals surface area contributed by atoms with Gasteiger partial charge in [0.05, 0.1) is 0 Å². The molecular formula is C16H19N3OS. The number of amides is 2. The highest BCUT2D eigenvalue weighted by atomic mass is 32.1. The fraction of sp³-hybridized carbons (Fsp3) is 0.375. The van der Waals surface area contributed by atoms with Gasteiger partial charge in [-0.1, -0.05) is 12.8 Å². The average Bonchev–Trinajstić information content (AvgIpc) is 3.11. The van der Waals surface area contributed by atoms with Crippen LogP contribution < -0.4 is 10.6 Å². The van der Waals surface area contributed by atoms with Crippen molar-refractivity contribution in [1.29, 1.82) is 0 Å². The van der Waals surface area contributed by atoms with Gasteiger partial charge in [0.2, 0.25) is 0 Å². The molecule has 2 amide bonds. The maximum Gasteiger partial charge on any atom is 0.319 e. The van der Waals surface area contributed by atoms with Gasteiger partial charge in [0.1, 0.15) is 5.01 Å². The summed E-state index contributed by atoms with van der Waals surface area (Å²) in [6.07, 6.45) is 4.62. The normalized spacial score (nSPS) is 15.1. The zero-order chi connectivity index (χ0) is 14.7. The lowest BCUT2D eigenvalue weighted by Gasteiger charge is -2.13. The van der Waals surface area contributed by atoms with Crippen LogP contribution in [0.3, 0.4) is 0 Å². The Kier molecular flexibility index (Phi) is 4.20. The first-order valence-electron chi connectivity index (χ1n) is 7.31. The molecule has 0 aliphatic heterocycles. The smallest absolute Gasteiger partial charge is 0.319 e. The lowest BCUT2D eigenvalue weighted by atomic mass is 10.2. The van der Waals surface area contributed by atoms with Crippen LogP contribution in [-0.4, -0.2) is 17.1 Å². The molecule has 1 saturated carbocycles. The summed E-state index contributed by atoms with van der Waals surface area (Å²) in [6, 6.07) is 8.04. The van der Waals surface area contributed by atoms with Gasteiger partial charge in [0.25, 0.3) is 0 Å². The van der Waals surface area contributed by atoms with Crippen molar-refractivity contribution in [3.8, 4) is 10.6 Å². The molecule has 2 N–H and O–H groups in total. The number of urea groups is 1. The number of aryl methyl sites for hydroxylation is 1. The molecule has 4 nitrogen and oxygen atoms in total. The molecule has 1 heterocycles. The second-order valence-electron chi connectivity index (χ2n) is 5.45. The van der Waals surface area contributed by atoms with E-state index in [0.717, 1.165) is 34.8 Å². The summed E-state index contributed by atoms with van der Waals surface area (Å²) in [5.74, 6) is 0. The van der Waals surface area contributed by atoms with Crippen LogP contribution in [-0.2, 0) is 0 Å². The fourth-order valence-electron chi connectivity index (χ4n) is 2.61. The summed E-state index contributed by atoms with van der Waals surface area (Å²) in [5.41, 5.74) is 2.92. The third-order valence-corrected chi connectivity index (χ3v) is 4.71. The molecule has 0 saturated heterocycles. The minimum atomic E-state index is -0.111. The number of hydrogen-bond donors (Lipinski definition) is 2. The summed E-state index contributed by atoms with van der Waals surface area (Å²) < 4.78 is 0. The minimum absolute atomic E-state index is 0.111.